The molecule has 1 aromatic carbocycles. The topological polar surface area (TPSA) is 44.4 Å². The summed E-state index contributed by atoms with van der Waals surface area (Å²) in [4.78, 5) is 14.2. The van der Waals surface area contributed by atoms with Gasteiger partial charge in [0.2, 0.25) is 5.91 Å². The average molecular weight is 334 g/mol. The number of nitrogens with one attached hydrogen (secondary N) is 2. The summed E-state index contributed by atoms with van der Waals surface area (Å²) in [6.07, 6.45) is 0. The lowest BCUT2D eigenvalue weighted by Gasteiger charge is -2.31. The van der Waals surface area contributed by atoms with Crippen LogP contribution in [-0.4, -0.2) is 38.0 Å². The van der Waals surface area contributed by atoms with Crippen LogP contribution in [0.5, 0.6) is 0 Å². The summed E-state index contributed by atoms with van der Waals surface area (Å²) in [5.41, 5.74) is 2.10. The molecule has 6 heteroatoms. The van der Waals surface area contributed by atoms with E-state index in [9.17, 15) is 4.79 Å². The van der Waals surface area contributed by atoms with Crippen molar-refractivity contribution in [3.05, 3.63) is 29.8 Å². The summed E-state index contributed by atoms with van der Waals surface area (Å²) in [6, 6.07) is 8.06. The van der Waals surface area contributed by atoms with Crippen molar-refractivity contribution >= 4 is 36.4 Å². The largest absolute Gasteiger partial charge is 0.326 e. The van der Waals surface area contributed by atoms with Crippen molar-refractivity contribution in [2.75, 3.05) is 32.5 Å². The molecule has 1 unspecified atom stereocenters. The van der Waals surface area contributed by atoms with Gasteiger partial charge in [0.15, 0.2) is 0 Å². The minimum absolute atomic E-state index is 0. The number of anilines is 1. The van der Waals surface area contributed by atoms with Crippen LogP contribution in [0, 0.1) is 11.8 Å². The van der Waals surface area contributed by atoms with Crippen molar-refractivity contribution in [1.82, 2.24) is 10.2 Å². The van der Waals surface area contributed by atoms with E-state index in [1.165, 1.54) is 5.56 Å². The zero-order valence-electron chi connectivity index (χ0n) is 12.8. The molecule has 1 heterocycles. The first-order chi connectivity index (χ1) is 9.06. The Morgan fingerprint density at radius 3 is 2.57 bits per heavy atom. The molecule has 21 heavy (non-hydrogen) atoms. The molecule has 0 bridgehead atoms. The molecule has 0 spiro atoms. The highest BCUT2D eigenvalue weighted by Gasteiger charge is 2.28. The third-order valence-electron chi connectivity index (χ3n) is 3.63. The maximum Gasteiger partial charge on any atom is 0.227 e. The SMILES string of the molecule is CC(C(=O)Nc1cccc(CN(C)C)c1)C1CNC1.Cl.Cl. The van der Waals surface area contributed by atoms with Gasteiger partial charge in [-0.15, -0.1) is 24.8 Å². The van der Waals surface area contributed by atoms with Gasteiger partial charge in [-0.3, -0.25) is 4.79 Å². The van der Waals surface area contributed by atoms with Crippen LogP contribution in [0.2, 0.25) is 0 Å². The molecule has 0 radical (unpaired) electrons. The van der Waals surface area contributed by atoms with Crippen LogP contribution in [0.1, 0.15) is 12.5 Å². The molecule has 0 saturated carbocycles. The smallest absolute Gasteiger partial charge is 0.227 e. The van der Waals surface area contributed by atoms with Gasteiger partial charge in [-0.25, -0.2) is 0 Å². The van der Waals surface area contributed by atoms with Crippen LogP contribution in [0.25, 0.3) is 0 Å². The first kappa shape index (κ1) is 20.2. The third-order valence-corrected chi connectivity index (χ3v) is 3.63. The summed E-state index contributed by atoms with van der Waals surface area (Å²) in [5.74, 6) is 0.664. The quantitative estimate of drug-likeness (QED) is 0.869. The Balaban J connectivity index is 0.00000200. The number of nitrogens with zero attached hydrogens (tertiary/aromatic N) is 1. The third kappa shape index (κ3) is 5.83. The van der Waals surface area contributed by atoms with Crippen molar-refractivity contribution in [1.29, 1.82) is 0 Å². The summed E-state index contributed by atoms with van der Waals surface area (Å²) >= 11 is 0. The van der Waals surface area contributed by atoms with Crippen molar-refractivity contribution in [3.63, 3.8) is 0 Å². The molecule has 1 atom stereocenters. The number of amides is 1. The van der Waals surface area contributed by atoms with Gasteiger partial charge in [-0.2, -0.15) is 0 Å². The monoisotopic (exact) mass is 333 g/mol. The number of rotatable bonds is 5. The van der Waals surface area contributed by atoms with Gasteiger partial charge in [0.1, 0.15) is 0 Å². The Labute approximate surface area is 139 Å². The molecule has 120 valence electrons. The number of hydrogen-bond donors (Lipinski definition) is 2. The molecule has 1 aliphatic heterocycles. The van der Waals surface area contributed by atoms with E-state index in [4.69, 9.17) is 0 Å². The molecule has 2 rings (SSSR count). The van der Waals surface area contributed by atoms with Crippen LogP contribution in [0.15, 0.2) is 24.3 Å². The Morgan fingerprint density at radius 1 is 1.38 bits per heavy atom. The maximum absolute atomic E-state index is 12.1. The second kappa shape index (κ2) is 9.26. The summed E-state index contributed by atoms with van der Waals surface area (Å²) < 4.78 is 0. The Morgan fingerprint density at radius 2 is 2.05 bits per heavy atom. The van der Waals surface area contributed by atoms with Gasteiger partial charge in [-0.05, 0) is 50.8 Å². The number of carbonyl (C=O) groups is 1. The standard InChI is InChI=1S/C15H23N3O.2ClH/c1-11(13-8-16-9-13)15(19)17-14-6-4-5-12(7-14)10-18(2)3;;/h4-7,11,13,16H,8-10H2,1-3H3,(H,17,19);2*1H. The molecular formula is C15H25Cl2N3O. The Bertz CT molecular complexity index is 450. The van der Waals surface area contributed by atoms with Gasteiger partial charge >= 0.3 is 0 Å². The first-order valence-electron chi connectivity index (χ1n) is 6.81. The van der Waals surface area contributed by atoms with E-state index in [2.05, 4.69) is 21.6 Å². The normalized spacial score (nSPS) is 15.4. The fraction of sp³-hybridized carbons (Fsp3) is 0.533. The molecule has 4 nitrogen and oxygen atoms in total. The molecule has 0 aliphatic carbocycles. The average Bonchev–Trinajstić information content (AvgIpc) is 2.26. The van der Waals surface area contributed by atoms with E-state index < -0.39 is 0 Å². The number of hydrogen-bond acceptors (Lipinski definition) is 3. The maximum atomic E-state index is 12.1. The van der Waals surface area contributed by atoms with Crippen molar-refractivity contribution in [3.8, 4) is 0 Å². The lowest BCUT2D eigenvalue weighted by atomic mass is 9.88. The van der Waals surface area contributed by atoms with Crippen molar-refractivity contribution in [2.24, 2.45) is 11.8 Å². The highest BCUT2D eigenvalue weighted by Crippen LogP contribution is 2.19. The summed E-state index contributed by atoms with van der Waals surface area (Å²) in [7, 11) is 4.08. The van der Waals surface area contributed by atoms with Crippen LogP contribution >= 0.6 is 24.8 Å². The predicted molar refractivity (Wildman–Crippen MR) is 92.5 cm³/mol. The van der Waals surface area contributed by atoms with E-state index >= 15 is 0 Å². The second-order valence-electron chi connectivity index (χ2n) is 5.63. The Hall–Kier alpha value is -0.810. The minimum atomic E-state index is 0. The van der Waals surface area contributed by atoms with Gasteiger partial charge in [0.05, 0.1) is 0 Å². The zero-order valence-corrected chi connectivity index (χ0v) is 14.4. The zero-order chi connectivity index (χ0) is 13.8. The van der Waals surface area contributed by atoms with Crippen molar-refractivity contribution < 1.29 is 4.79 Å². The molecule has 1 aromatic rings. The van der Waals surface area contributed by atoms with Crippen LogP contribution in [-0.2, 0) is 11.3 Å². The van der Waals surface area contributed by atoms with Gasteiger partial charge in [0.25, 0.3) is 0 Å². The molecule has 2 N–H and O–H groups in total. The molecule has 1 saturated heterocycles. The lowest BCUT2D eigenvalue weighted by molar-refractivity contribution is -0.121. The van der Waals surface area contributed by atoms with E-state index in [1.54, 1.807) is 0 Å². The van der Waals surface area contributed by atoms with Crippen LogP contribution in [0.4, 0.5) is 5.69 Å². The highest BCUT2D eigenvalue weighted by molar-refractivity contribution is 5.92. The number of carbonyl (C=O) groups excluding carboxylic acids is 1. The number of halogens is 2. The summed E-state index contributed by atoms with van der Waals surface area (Å²) in [5, 5.41) is 6.23. The Kier molecular flexibility index (Phi) is 8.90. The van der Waals surface area contributed by atoms with E-state index in [0.29, 0.717) is 5.92 Å². The minimum Gasteiger partial charge on any atom is -0.326 e. The van der Waals surface area contributed by atoms with E-state index in [0.717, 1.165) is 25.3 Å². The van der Waals surface area contributed by atoms with Crippen LogP contribution in [0.3, 0.4) is 0 Å². The fourth-order valence-electron chi connectivity index (χ4n) is 2.25. The first-order valence-corrected chi connectivity index (χ1v) is 6.81. The van der Waals surface area contributed by atoms with Gasteiger partial charge in [0, 0.05) is 18.2 Å². The number of benzene rings is 1. The molecule has 0 aromatic heterocycles. The molecule has 1 aliphatic rings. The van der Waals surface area contributed by atoms with E-state index in [-0.39, 0.29) is 36.6 Å². The van der Waals surface area contributed by atoms with Crippen LogP contribution < -0.4 is 10.6 Å². The fourth-order valence-corrected chi connectivity index (χ4v) is 2.25. The lowest BCUT2D eigenvalue weighted by Crippen LogP contribution is -2.48. The second-order valence-corrected chi connectivity index (χ2v) is 5.63. The predicted octanol–water partition coefficient (Wildman–Crippen LogP) is 2.39. The van der Waals surface area contributed by atoms with Gasteiger partial charge < -0.3 is 15.5 Å². The summed E-state index contributed by atoms with van der Waals surface area (Å²) in [6.45, 7) is 4.79. The van der Waals surface area contributed by atoms with E-state index in [1.807, 2.05) is 39.2 Å². The molecular weight excluding hydrogens is 309 g/mol. The molecule has 1 amide bonds. The van der Waals surface area contributed by atoms with Gasteiger partial charge in [-0.1, -0.05) is 19.1 Å². The van der Waals surface area contributed by atoms with Crippen molar-refractivity contribution in [2.45, 2.75) is 13.5 Å². The molecule has 1 fully saturated rings. The highest BCUT2D eigenvalue weighted by atomic mass is 35.5.